The van der Waals surface area contributed by atoms with Crippen LogP contribution in [0, 0.1) is 12.3 Å². The minimum Gasteiger partial charge on any atom is -0.481 e. The predicted molar refractivity (Wildman–Crippen MR) is 87.7 cm³/mol. The van der Waals surface area contributed by atoms with Gasteiger partial charge in [0.15, 0.2) is 0 Å². The molecular weight excluding hydrogens is 314 g/mol. The maximum atomic E-state index is 12.1. The van der Waals surface area contributed by atoms with Crippen molar-refractivity contribution in [2.24, 2.45) is 5.41 Å². The number of aliphatic hydroxyl groups excluding tert-OH is 1. The van der Waals surface area contributed by atoms with Gasteiger partial charge >= 0.3 is 5.97 Å². The van der Waals surface area contributed by atoms with E-state index >= 15 is 0 Å². The van der Waals surface area contributed by atoms with Gasteiger partial charge in [0.25, 0.3) is 0 Å². The first-order chi connectivity index (χ1) is 11.0. The largest absolute Gasteiger partial charge is 0.481 e. The second kappa shape index (κ2) is 6.25. The number of aryl methyl sites for hydroxylation is 1. The minimum absolute atomic E-state index is 0.229. The number of carboxylic acid groups (broad SMARTS) is 1. The summed E-state index contributed by atoms with van der Waals surface area (Å²) in [6.45, 7) is 2.62. The van der Waals surface area contributed by atoms with Crippen molar-refractivity contribution in [3.8, 4) is 0 Å². The molecule has 7 heteroatoms. The highest BCUT2D eigenvalue weighted by molar-refractivity contribution is 7.09. The zero-order valence-corrected chi connectivity index (χ0v) is 13.7. The molecule has 122 valence electrons. The second-order valence-electron chi connectivity index (χ2n) is 5.97. The van der Waals surface area contributed by atoms with Gasteiger partial charge in [0, 0.05) is 24.6 Å². The van der Waals surface area contributed by atoms with Crippen molar-refractivity contribution < 1.29 is 15.0 Å². The Hall–Kier alpha value is -1.99. The van der Waals surface area contributed by atoms with E-state index in [9.17, 15) is 15.0 Å². The van der Waals surface area contributed by atoms with Crippen LogP contribution in [0.5, 0.6) is 0 Å². The number of piperidine rings is 1. The van der Waals surface area contributed by atoms with Crippen LogP contribution in [0.4, 0.5) is 5.13 Å². The molecule has 1 aromatic carbocycles. The summed E-state index contributed by atoms with van der Waals surface area (Å²) in [4.78, 5) is 18.3. The standard InChI is InChI=1S/C16H19N3O3S/c1-11-17-15(23-18-11)19-8-7-13(20)16(10-19,14(21)22)9-12-5-3-2-4-6-12/h2-6,13,20H,7-10H2,1H3,(H,21,22)/t13-,16-/m1/s1. The number of hydrogen-bond acceptors (Lipinski definition) is 6. The van der Waals surface area contributed by atoms with Crippen molar-refractivity contribution in [2.45, 2.75) is 25.9 Å². The summed E-state index contributed by atoms with van der Waals surface area (Å²) in [5.74, 6) is -0.292. The average Bonchev–Trinajstić information content (AvgIpc) is 2.97. The number of aliphatic carboxylic acids is 1. The van der Waals surface area contributed by atoms with Crippen LogP contribution < -0.4 is 4.90 Å². The summed E-state index contributed by atoms with van der Waals surface area (Å²) in [5.41, 5.74) is -0.330. The van der Waals surface area contributed by atoms with Gasteiger partial charge in [0.1, 0.15) is 11.2 Å². The van der Waals surface area contributed by atoms with Crippen LogP contribution in [0.25, 0.3) is 0 Å². The van der Waals surface area contributed by atoms with Gasteiger partial charge in [-0.25, -0.2) is 4.98 Å². The molecule has 1 fully saturated rings. The fourth-order valence-electron chi connectivity index (χ4n) is 3.08. The Morgan fingerprint density at radius 1 is 1.43 bits per heavy atom. The summed E-state index contributed by atoms with van der Waals surface area (Å²) in [6.07, 6.45) is -0.193. The van der Waals surface area contributed by atoms with Crippen molar-refractivity contribution in [1.82, 2.24) is 9.36 Å². The van der Waals surface area contributed by atoms with Gasteiger partial charge in [-0.2, -0.15) is 4.37 Å². The van der Waals surface area contributed by atoms with Crippen LogP contribution in [0.15, 0.2) is 30.3 Å². The van der Waals surface area contributed by atoms with Gasteiger partial charge in [-0.1, -0.05) is 30.3 Å². The highest BCUT2D eigenvalue weighted by Gasteiger charge is 2.49. The molecule has 2 atom stereocenters. The lowest BCUT2D eigenvalue weighted by molar-refractivity contribution is -0.157. The Balaban J connectivity index is 1.91. The molecule has 0 amide bonds. The summed E-state index contributed by atoms with van der Waals surface area (Å²) >= 11 is 1.27. The molecule has 1 aliphatic rings. The number of anilines is 1. The van der Waals surface area contributed by atoms with Crippen LogP contribution in [-0.4, -0.2) is 44.7 Å². The van der Waals surface area contributed by atoms with Gasteiger partial charge in [0.2, 0.25) is 5.13 Å². The maximum Gasteiger partial charge on any atom is 0.314 e. The quantitative estimate of drug-likeness (QED) is 0.886. The highest BCUT2D eigenvalue weighted by Crippen LogP contribution is 2.37. The van der Waals surface area contributed by atoms with Crippen LogP contribution in [0.1, 0.15) is 17.8 Å². The van der Waals surface area contributed by atoms with Crippen LogP contribution in [0.3, 0.4) is 0 Å². The van der Waals surface area contributed by atoms with Crippen molar-refractivity contribution in [2.75, 3.05) is 18.0 Å². The Labute approximate surface area is 138 Å². The first-order valence-electron chi connectivity index (χ1n) is 7.52. The molecule has 0 saturated carbocycles. The molecule has 3 rings (SSSR count). The van der Waals surface area contributed by atoms with Crippen LogP contribution in [-0.2, 0) is 11.2 Å². The Morgan fingerprint density at radius 3 is 2.78 bits per heavy atom. The van der Waals surface area contributed by atoms with E-state index in [1.165, 1.54) is 11.5 Å². The number of aliphatic hydroxyl groups is 1. The predicted octanol–water partition coefficient (Wildman–Crippen LogP) is 1.73. The van der Waals surface area contributed by atoms with Crippen molar-refractivity contribution in [3.63, 3.8) is 0 Å². The molecule has 1 aliphatic heterocycles. The first-order valence-corrected chi connectivity index (χ1v) is 8.29. The Morgan fingerprint density at radius 2 is 2.17 bits per heavy atom. The van der Waals surface area contributed by atoms with Crippen LogP contribution in [0.2, 0.25) is 0 Å². The van der Waals surface area contributed by atoms with Gasteiger partial charge < -0.3 is 15.1 Å². The molecule has 0 unspecified atom stereocenters. The lowest BCUT2D eigenvalue weighted by Crippen LogP contribution is -2.57. The van der Waals surface area contributed by atoms with E-state index in [4.69, 9.17) is 0 Å². The Kier molecular flexibility index (Phi) is 4.32. The molecule has 23 heavy (non-hydrogen) atoms. The number of benzene rings is 1. The first kappa shape index (κ1) is 15.9. The number of rotatable bonds is 4. The van der Waals surface area contributed by atoms with Gasteiger partial charge in [-0.3, -0.25) is 4.79 Å². The third kappa shape index (κ3) is 3.07. The number of carboxylic acids is 1. The number of nitrogens with zero attached hydrogens (tertiary/aromatic N) is 3. The zero-order valence-electron chi connectivity index (χ0n) is 12.8. The smallest absolute Gasteiger partial charge is 0.314 e. The molecule has 1 aromatic heterocycles. The second-order valence-corrected chi connectivity index (χ2v) is 6.70. The lowest BCUT2D eigenvalue weighted by atomic mass is 9.73. The minimum atomic E-state index is -1.24. The molecule has 0 radical (unpaired) electrons. The van der Waals surface area contributed by atoms with Crippen molar-refractivity contribution in [3.05, 3.63) is 41.7 Å². The van der Waals surface area contributed by atoms with Crippen molar-refractivity contribution in [1.29, 1.82) is 0 Å². The van der Waals surface area contributed by atoms with E-state index in [0.717, 1.165) is 5.56 Å². The molecule has 1 saturated heterocycles. The summed E-state index contributed by atoms with van der Waals surface area (Å²) in [6, 6.07) is 9.44. The van der Waals surface area contributed by atoms with Crippen LogP contribution >= 0.6 is 11.5 Å². The molecular formula is C16H19N3O3S. The zero-order chi connectivity index (χ0) is 16.4. The molecule has 0 bridgehead atoms. The SMILES string of the molecule is Cc1nsc(N2CC[C@@H](O)[C@](Cc3ccccc3)(C(=O)O)C2)n1. The number of aromatic nitrogens is 2. The molecule has 0 spiro atoms. The topological polar surface area (TPSA) is 86.5 Å². The lowest BCUT2D eigenvalue weighted by Gasteiger charge is -2.43. The van der Waals surface area contributed by atoms with E-state index in [2.05, 4.69) is 9.36 Å². The Bertz CT molecular complexity index is 691. The molecule has 6 nitrogen and oxygen atoms in total. The molecule has 2 heterocycles. The number of hydrogen-bond donors (Lipinski definition) is 2. The maximum absolute atomic E-state index is 12.1. The molecule has 2 aromatic rings. The highest BCUT2D eigenvalue weighted by atomic mass is 32.1. The third-order valence-corrected chi connectivity index (χ3v) is 5.23. The van der Waals surface area contributed by atoms with Crippen molar-refractivity contribution >= 4 is 22.6 Å². The fraction of sp³-hybridized carbons (Fsp3) is 0.438. The molecule has 2 N–H and O–H groups in total. The van der Waals surface area contributed by atoms with Gasteiger partial charge in [-0.05, 0) is 25.3 Å². The van der Waals surface area contributed by atoms with E-state index in [1.54, 1.807) is 0 Å². The van der Waals surface area contributed by atoms with E-state index in [1.807, 2.05) is 42.2 Å². The van der Waals surface area contributed by atoms with E-state index < -0.39 is 17.5 Å². The average molecular weight is 333 g/mol. The third-order valence-electron chi connectivity index (χ3n) is 4.36. The van der Waals surface area contributed by atoms with Gasteiger partial charge in [-0.15, -0.1) is 0 Å². The monoisotopic (exact) mass is 333 g/mol. The normalized spacial score (nSPS) is 24.6. The van der Waals surface area contributed by atoms with E-state index in [0.29, 0.717) is 30.3 Å². The summed E-state index contributed by atoms with van der Waals surface area (Å²) in [7, 11) is 0. The molecule has 0 aliphatic carbocycles. The fourth-order valence-corrected chi connectivity index (χ4v) is 3.78. The summed E-state index contributed by atoms with van der Waals surface area (Å²) < 4.78 is 4.17. The summed E-state index contributed by atoms with van der Waals surface area (Å²) in [5, 5.41) is 21.1. The van der Waals surface area contributed by atoms with Gasteiger partial charge in [0.05, 0.1) is 6.10 Å². The number of carbonyl (C=O) groups is 1. The van der Waals surface area contributed by atoms with E-state index in [-0.39, 0.29) is 6.54 Å².